The number of aliphatic hydroxyl groups is 1. The van der Waals surface area contributed by atoms with Crippen LogP contribution in [-0.2, 0) is 4.74 Å². The molecule has 1 atom stereocenters. The van der Waals surface area contributed by atoms with E-state index in [9.17, 15) is 5.11 Å². The van der Waals surface area contributed by atoms with Gasteiger partial charge in [0.1, 0.15) is 0 Å². The standard InChI is InChI=1S/C11H22O2/c1-5-9-13-10(6-2)7-8-11(3,4)12/h5,10,12H,1,6-9H2,2-4H3. The van der Waals surface area contributed by atoms with Crippen molar-refractivity contribution in [3.63, 3.8) is 0 Å². The normalized spacial score (nSPS) is 14.2. The van der Waals surface area contributed by atoms with Crippen LogP contribution in [0, 0.1) is 0 Å². The highest BCUT2D eigenvalue weighted by atomic mass is 16.5. The molecule has 2 heteroatoms. The fourth-order valence-corrected chi connectivity index (χ4v) is 1.12. The first kappa shape index (κ1) is 12.7. The third-order valence-corrected chi connectivity index (χ3v) is 1.98. The lowest BCUT2D eigenvalue weighted by molar-refractivity contribution is 0.0225. The van der Waals surface area contributed by atoms with Gasteiger partial charge in [0.05, 0.1) is 18.3 Å². The van der Waals surface area contributed by atoms with Crippen LogP contribution >= 0.6 is 0 Å². The Labute approximate surface area is 81.6 Å². The largest absolute Gasteiger partial charge is 0.390 e. The van der Waals surface area contributed by atoms with Crippen molar-refractivity contribution in [2.24, 2.45) is 0 Å². The molecular weight excluding hydrogens is 164 g/mol. The van der Waals surface area contributed by atoms with Crippen molar-refractivity contribution in [2.45, 2.75) is 51.7 Å². The minimum atomic E-state index is -0.578. The zero-order valence-corrected chi connectivity index (χ0v) is 9.05. The van der Waals surface area contributed by atoms with Gasteiger partial charge in [0.15, 0.2) is 0 Å². The molecule has 0 amide bonds. The Morgan fingerprint density at radius 3 is 2.54 bits per heavy atom. The number of rotatable bonds is 7. The molecule has 0 saturated carbocycles. The molecule has 1 N–H and O–H groups in total. The average Bonchev–Trinajstić information content (AvgIpc) is 2.03. The van der Waals surface area contributed by atoms with E-state index in [1.807, 2.05) is 13.8 Å². The van der Waals surface area contributed by atoms with Gasteiger partial charge < -0.3 is 9.84 Å². The van der Waals surface area contributed by atoms with Gasteiger partial charge in [-0.2, -0.15) is 0 Å². The first-order valence-electron chi connectivity index (χ1n) is 4.94. The van der Waals surface area contributed by atoms with Crippen LogP contribution in [0.3, 0.4) is 0 Å². The lowest BCUT2D eigenvalue weighted by atomic mass is 9.99. The van der Waals surface area contributed by atoms with Gasteiger partial charge >= 0.3 is 0 Å². The van der Waals surface area contributed by atoms with E-state index in [2.05, 4.69) is 13.5 Å². The second kappa shape index (κ2) is 6.17. The highest BCUT2D eigenvalue weighted by molar-refractivity contribution is 4.70. The molecule has 0 spiro atoms. The first-order chi connectivity index (χ1) is 5.99. The minimum Gasteiger partial charge on any atom is -0.390 e. The molecule has 0 aromatic carbocycles. The monoisotopic (exact) mass is 186 g/mol. The maximum Gasteiger partial charge on any atom is 0.0648 e. The number of ether oxygens (including phenoxy) is 1. The Balaban J connectivity index is 3.65. The van der Waals surface area contributed by atoms with E-state index in [4.69, 9.17) is 4.74 Å². The van der Waals surface area contributed by atoms with Crippen LogP contribution in [0.15, 0.2) is 12.7 Å². The quantitative estimate of drug-likeness (QED) is 0.619. The average molecular weight is 186 g/mol. The van der Waals surface area contributed by atoms with E-state index in [1.54, 1.807) is 6.08 Å². The summed E-state index contributed by atoms with van der Waals surface area (Å²) in [5.41, 5.74) is -0.578. The Hall–Kier alpha value is -0.340. The molecule has 1 unspecified atom stereocenters. The van der Waals surface area contributed by atoms with Crippen molar-refractivity contribution in [1.29, 1.82) is 0 Å². The van der Waals surface area contributed by atoms with Gasteiger partial charge in [-0.3, -0.25) is 0 Å². The molecule has 0 aliphatic heterocycles. The molecule has 0 saturated heterocycles. The summed E-state index contributed by atoms with van der Waals surface area (Å²) in [6.07, 6.45) is 4.69. The highest BCUT2D eigenvalue weighted by Crippen LogP contribution is 2.15. The zero-order chi connectivity index (χ0) is 10.3. The third-order valence-electron chi connectivity index (χ3n) is 1.98. The molecule has 0 radical (unpaired) electrons. The fourth-order valence-electron chi connectivity index (χ4n) is 1.12. The summed E-state index contributed by atoms with van der Waals surface area (Å²) in [5.74, 6) is 0. The van der Waals surface area contributed by atoms with Gasteiger partial charge in [-0.1, -0.05) is 13.0 Å². The van der Waals surface area contributed by atoms with Crippen LogP contribution in [0.4, 0.5) is 0 Å². The molecule has 13 heavy (non-hydrogen) atoms. The molecule has 0 bridgehead atoms. The minimum absolute atomic E-state index is 0.254. The Kier molecular flexibility index (Phi) is 6.00. The Morgan fingerprint density at radius 1 is 1.54 bits per heavy atom. The van der Waals surface area contributed by atoms with Gasteiger partial charge in [-0.15, -0.1) is 6.58 Å². The van der Waals surface area contributed by atoms with Crippen molar-refractivity contribution in [1.82, 2.24) is 0 Å². The van der Waals surface area contributed by atoms with Crippen LogP contribution in [0.5, 0.6) is 0 Å². The molecule has 0 aliphatic rings. The van der Waals surface area contributed by atoms with E-state index in [0.717, 1.165) is 19.3 Å². The van der Waals surface area contributed by atoms with Crippen molar-refractivity contribution in [3.8, 4) is 0 Å². The molecule has 0 aromatic heterocycles. The molecular formula is C11H22O2. The van der Waals surface area contributed by atoms with Crippen molar-refractivity contribution in [2.75, 3.05) is 6.61 Å². The lowest BCUT2D eigenvalue weighted by Crippen LogP contribution is -2.22. The summed E-state index contributed by atoms with van der Waals surface area (Å²) in [7, 11) is 0. The van der Waals surface area contributed by atoms with Crippen molar-refractivity contribution < 1.29 is 9.84 Å². The predicted molar refractivity (Wildman–Crippen MR) is 55.8 cm³/mol. The molecule has 0 aliphatic carbocycles. The molecule has 78 valence electrons. The highest BCUT2D eigenvalue weighted by Gasteiger charge is 2.15. The maximum atomic E-state index is 9.51. The Bertz CT molecular complexity index is 136. The van der Waals surface area contributed by atoms with Crippen LogP contribution in [0.2, 0.25) is 0 Å². The Morgan fingerprint density at radius 2 is 2.15 bits per heavy atom. The van der Waals surface area contributed by atoms with Gasteiger partial charge in [0.2, 0.25) is 0 Å². The van der Waals surface area contributed by atoms with Crippen LogP contribution < -0.4 is 0 Å². The van der Waals surface area contributed by atoms with Gasteiger partial charge in [0.25, 0.3) is 0 Å². The topological polar surface area (TPSA) is 29.5 Å². The van der Waals surface area contributed by atoms with Gasteiger partial charge in [-0.25, -0.2) is 0 Å². The van der Waals surface area contributed by atoms with Crippen LogP contribution in [0.1, 0.15) is 40.0 Å². The fraction of sp³-hybridized carbons (Fsp3) is 0.818. The summed E-state index contributed by atoms with van der Waals surface area (Å²) in [4.78, 5) is 0. The summed E-state index contributed by atoms with van der Waals surface area (Å²) < 4.78 is 5.51. The number of hydrogen-bond acceptors (Lipinski definition) is 2. The van der Waals surface area contributed by atoms with Gasteiger partial charge in [-0.05, 0) is 33.1 Å². The first-order valence-corrected chi connectivity index (χ1v) is 4.94. The third kappa shape index (κ3) is 8.00. The van der Waals surface area contributed by atoms with E-state index >= 15 is 0 Å². The van der Waals surface area contributed by atoms with Gasteiger partial charge in [0, 0.05) is 0 Å². The lowest BCUT2D eigenvalue weighted by Gasteiger charge is -2.21. The molecule has 0 fully saturated rings. The van der Waals surface area contributed by atoms with E-state index in [0.29, 0.717) is 6.61 Å². The molecule has 0 rings (SSSR count). The maximum absolute atomic E-state index is 9.51. The zero-order valence-electron chi connectivity index (χ0n) is 9.05. The van der Waals surface area contributed by atoms with Crippen molar-refractivity contribution >= 4 is 0 Å². The summed E-state index contributed by atoms with van der Waals surface area (Å²) in [6.45, 7) is 9.95. The molecule has 2 nitrogen and oxygen atoms in total. The number of hydrogen-bond donors (Lipinski definition) is 1. The second-order valence-electron chi connectivity index (χ2n) is 4.00. The van der Waals surface area contributed by atoms with Crippen molar-refractivity contribution in [3.05, 3.63) is 12.7 Å². The smallest absolute Gasteiger partial charge is 0.0648 e. The predicted octanol–water partition coefficient (Wildman–Crippen LogP) is 2.52. The van der Waals surface area contributed by atoms with Crippen LogP contribution in [-0.4, -0.2) is 23.4 Å². The molecule has 0 aromatic rings. The second-order valence-corrected chi connectivity index (χ2v) is 4.00. The summed E-state index contributed by atoms with van der Waals surface area (Å²) >= 11 is 0. The SMILES string of the molecule is C=CCOC(CC)CCC(C)(C)O. The van der Waals surface area contributed by atoms with E-state index in [1.165, 1.54) is 0 Å². The van der Waals surface area contributed by atoms with Crippen LogP contribution in [0.25, 0.3) is 0 Å². The molecule has 0 heterocycles. The summed E-state index contributed by atoms with van der Waals surface area (Å²) in [6, 6.07) is 0. The van der Waals surface area contributed by atoms with E-state index in [-0.39, 0.29) is 6.10 Å². The summed E-state index contributed by atoms with van der Waals surface area (Å²) in [5, 5.41) is 9.51. The van der Waals surface area contributed by atoms with E-state index < -0.39 is 5.60 Å².